The van der Waals surface area contributed by atoms with E-state index in [2.05, 4.69) is 24.1 Å². The fourth-order valence-corrected chi connectivity index (χ4v) is 2.88. The fraction of sp³-hybridized carbons (Fsp3) is 0.889. The van der Waals surface area contributed by atoms with E-state index in [0.717, 1.165) is 32.6 Å². The lowest BCUT2D eigenvalue weighted by Gasteiger charge is -2.37. The molecule has 5 nitrogen and oxygen atoms in total. The molecule has 1 heterocycles. The van der Waals surface area contributed by atoms with Crippen molar-refractivity contribution in [1.29, 1.82) is 0 Å². The van der Waals surface area contributed by atoms with Crippen LogP contribution < -0.4 is 5.32 Å². The van der Waals surface area contributed by atoms with Crippen molar-refractivity contribution in [2.24, 2.45) is 5.41 Å². The van der Waals surface area contributed by atoms with Crippen LogP contribution in [0.2, 0.25) is 0 Å². The third-order valence-corrected chi connectivity index (χ3v) is 4.32. The van der Waals surface area contributed by atoms with Gasteiger partial charge in [-0.3, -0.25) is 14.5 Å². The molecule has 2 amide bonds. The molecule has 1 aliphatic heterocycles. The van der Waals surface area contributed by atoms with Gasteiger partial charge in [-0.1, -0.05) is 47.0 Å². The largest absolute Gasteiger partial charge is 0.353 e. The first-order valence-electron chi connectivity index (χ1n) is 9.05. The molecule has 0 aromatic heterocycles. The molecule has 5 heteroatoms. The Kier molecular flexibility index (Phi) is 8.03. The normalized spacial score (nSPS) is 17.9. The summed E-state index contributed by atoms with van der Waals surface area (Å²) in [7, 11) is 0. The lowest BCUT2D eigenvalue weighted by atomic mass is 9.94. The van der Waals surface area contributed by atoms with Crippen LogP contribution in [0.3, 0.4) is 0 Å². The van der Waals surface area contributed by atoms with E-state index in [1.807, 2.05) is 25.7 Å². The topological polar surface area (TPSA) is 52.7 Å². The van der Waals surface area contributed by atoms with Crippen LogP contribution in [0.25, 0.3) is 0 Å². The van der Waals surface area contributed by atoms with Crippen LogP contribution in [0, 0.1) is 5.41 Å². The van der Waals surface area contributed by atoms with Gasteiger partial charge in [0.25, 0.3) is 0 Å². The van der Waals surface area contributed by atoms with Gasteiger partial charge in [0.15, 0.2) is 0 Å². The van der Waals surface area contributed by atoms with E-state index in [0.29, 0.717) is 6.54 Å². The van der Waals surface area contributed by atoms with Crippen molar-refractivity contribution in [3.05, 3.63) is 0 Å². The van der Waals surface area contributed by atoms with Crippen molar-refractivity contribution in [1.82, 2.24) is 15.1 Å². The first kappa shape index (κ1) is 19.9. The van der Waals surface area contributed by atoms with Crippen molar-refractivity contribution in [2.75, 3.05) is 32.7 Å². The highest BCUT2D eigenvalue weighted by atomic mass is 16.2. The van der Waals surface area contributed by atoms with Crippen LogP contribution in [0.5, 0.6) is 0 Å². The standard InChI is InChI=1S/C18H35N3O2/c1-6-7-8-9-15(2)19-16(22)14-20-10-12-21(13-11-20)17(23)18(3,4)5/h15H,6-14H2,1-5H3,(H,19,22). The summed E-state index contributed by atoms with van der Waals surface area (Å²) < 4.78 is 0. The molecule has 1 unspecified atom stereocenters. The zero-order valence-corrected chi connectivity index (χ0v) is 15.7. The minimum Gasteiger partial charge on any atom is -0.353 e. The summed E-state index contributed by atoms with van der Waals surface area (Å²) >= 11 is 0. The number of hydrogen-bond acceptors (Lipinski definition) is 3. The number of unbranched alkanes of at least 4 members (excludes halogenated alkanes) is 2. The summed E-state index contributed by atoms with van der Waals surface area (Å²) in [6.07, 6.45) is 4.65. The summed E-state index contributed by atoms with van der Waals surface area (Å²) in [6, 6.07) is 0.248. The lowest BCUT2D eigenvalue weighted by Crippen LogP contribution is -2.53. The van der Waals surface area contributed by atoms with Crippen molar-refractivity contribution in [2.45, 2.75) is 66.3 Å². The van der Waals surface area contributed by atoms with Gasteiger partial charge in [-0.2, -0.15) is 0 Å². The van der Waals surface area contributed by atoms with E-state index in [1.54, 1.807) is 0 Å². The van der Waals surface area contributed by atoms with Crippen LogP contribution in [-0.4, -0.2) is 60.4 Å². The first-order chi connectivity index (χ1) is 10.7. The Morgan fingerprint density at radius 2 is 1.70 bits per heavy atom. The lowest BCUT2D eigenvalue weighted by molar-refractivity contribution is -0.141. The predicted molar refractivity (Wildman–Crippen MR) is 94.2 cm³/mol. The van der Waals surface area contributed by atoms with Gasteiger partial charge in [-0.25, -0.2) is 0 Å². The number of rotatable bonds is 7. The Balaban J connectivity index is 2.27. The maximum atomic E-state index is 12.2. The molecule has 1 atom stereocenters. The van der Waals surface area contributed by atoms with Gasteiger partial charge in [0.2, 0.25) is 11.8 Å². The molecule has 0 saturated carbocycles. The van der Waals surface area contributed by atoms with Gasteiger partial charge >= 0.3 is 0 Å². The molecule has 0 aromatic carbocycles. The van der Waals surface area contributed by atoms with Crippen molar-refractivity contribution >= 4 is 11.8 Å². The maximum absolute atomic E-state index is 12.2. The number of carbonyl (C=O) groups excluding carboxylic acids is 2. The van der Waals surface area contributed by atoms with E-state index in [-0.39, 0.29) is 23.3 Å². The zero-order valence-electron chi connectivity index (χ0n) is 15.7. The van der Waals surface area contributed by atoms with Crippen molar-refractivity contribution in [3.8, 4) is 0 Å². The van der Waals surface area contributed by atoms with Crippen LogP contribution >= 0.6 is 0 Å². The van der Waals surface area contributed by atoms with E-state index in [9.17, 15) is 9.59 Å². The molecule has 1 saturated heterocycles. The number of carbonyl (C=O) groups is 2. The molecular formula is C18H35N3O2. The Morgan fingerprint density at radius 1 is 1.09 bits per heavy atom. The van der Waals surface area contributed by atoms with Crippen molar-refractivity contribution in [3.63, 3.8) is 0 Å². The molecule has 0 radical (unpaired) electrons. The molecule has 0 spiro atoms. The maximum Gasteiger partial charge on any atom is 0.234 e. The summed E-state index contributed by atoms with van der Waals surface area (Å²) in [5, 5.41) is 3.08. The van der Waals surface area contributed by atoms with Crippen LogP contribution in [-0.2, 0) is 9.59 Å². The van der Waals surface area contributed by atoms with Crippen molar-refractivity contribution < 1.29 is 9.59 Å². The third-order valence-electron chi connectivity index (χ3n) is 4.32. The number of nitrogens with zero attached hydrogens (tertiary/aromatic N) is 2. The van der Waals surface area contributed by atoms with Gasteiger partial charge in [-0.05, 0) is 13.3 Å². The second-order valence-corrected chi connectivity index (χ2v) is 7.78. The average molecular weight is 325 g/mol. The Labute approximate surface area is 141 Å². The number of piperazine rings is 1. The third kappa shape index (κ3) is 7.34. The summed E-state index contributed by atoms with van der Waals surface area (Å²) in [5.74, 6) is 0.302. The molecule has 0 aromatic rings. The van der Waals surface area contributed by atoms with E-state index in [1.165, 1.54) is 19.3 Å². The molecule has 1 rings (SSSR count). The molecule has 1 fully saturated rings. The Morgan fingerprint density at radius 3 is 2.22 bits per heavy atom. The van der Waals surface area contributed by atoms with Gasteiger partial charge in [0.1, 0.15) is 0 Å². The minimum absolute atomic E-state index is 0.101. The quantitative estimate of drug-likeness (QED) is 0.731. The van der Waals surface area contributed by atoms with Gasteiger partial charge in [-0.15, -0.1) is 0 Å². The highest BCUT2D eigenvalue weighted by Crippen LogP contribution is 2.18. The van der Waals surface area contributed by atoms with Crippen LogP contribution in [0.4, 0.5) is 0 Å². The Hall–Kier alpha value is -1.10. The monoisotopic (exact) mass is 325 g/mol. The second kappa shape index (κ2) is 9.26. The van der Waals surface area contributed by atoms with E-state index < -0.39 is 0 Å². The molecule has 0 aliphatic carbocycles. The van der Waals surface area contributed by atoms with E-state index >= 15 is 0 Å². The molecule has 1 aliphatic rings. The first-order valence-corrected chi connectivity index (χ1v) is 9.05. The number of amides is 2. The van der Waals surface area contributed by atoms with Crippen LogP contribution in [0.15, 0.2) is 0 Å². The molecular weight excluding hydrogens is 290 g/mol. The highest BCUT2D eigenvalue weighted by molar-refractivity contribution is 5.81. The number of hydrogen-bond donors (Lipinski definition) is 1. The van der Waals surface area contributed by atoms with Crippen LogP contribution in [0.1, 0.15) is 60.3 Å². The molecule has 1 N–H and O–H groups in total. The zero-order chi connectivity index (χ0) is 17.5. The molecule has 23 heavy (non-hydrogen) atoms. The number of nitrogens with one attached hydrogen (secondary N) is 1. The Bertz CT molecular complexity index is 382. The van der Waals surface area contributed by atoms with E-state index in [4.69, 9.17) is 0 Å². The summed E-state index contributed by atoms with van der Waals surface area (Å²) in [4.78, 5) is 28.4. The summed E-state index contributed by atoms with van der Waals surface area (Å²) in [6.45, 7) is 13.6. The van der Waals surface area contributed by atoms with Gasteiger partial charge in [0, 0.05) is 37.6 Å². The van der Waals surface area contributed by atoms with Gasteiger partial charge in [0.05, 0.1) is 6.54 Å². The fourth-order valence-electron chi connectivity index (χ4n) is 2.88. The second-order valence-electron chi connectivity index (χ2n) is 7.78. The molecule has 0 bridgehead atoms. The highest BCUT2D eigenvalue weighted by Gasteiger charge is 2.30. The minimum atomic E-state index is -0.326. The SMILES string of the molecule is CCCCCC(C)NC(=O)CN1CCN(C(=O)C(C)(C)C)CC1. The predicted octanol–water partition coefficient (Wildman–Crippen LogP) is 2.26. The molecule has 134 valence electrons. The smallest absolute Gasteiger partial charge is 0.234 e. The summed E-state index contributed by atoms with van der Waals surface area (Å²) in [5.41, 5.74) is -0.326. The average Bonchev–Trinajstić information content (AvgIpc) is 2.46. The van der Waals surface area contributed by atoms with Gasteiger partial charge < -0.3 is 10.2 Å².